The Morgan fingerprint density at radius 1 is 0.943 bits per heavy atom. The first kappa shape index (κ1) is 24.3. The first-order valence-electron chi connectivity index (χ1n) is 11.6. The molecule has 7 heteroatoms. The van der Waals surface area contributed by atoms with E-state index < -0.39 is 4.92 Å². The number of nitro groups is 1. The minimum absolute atomic E-state index is 0.0452. The summed E-state index contributed by atoms with van der Waals surface area (Å²) in [6.07, 6.45) is 1.89. The minimum Gasteiger partial charge on any atom is -0.346 e. The fourth-order valence-corrected chi connectivity index (χ4v) is 4.96. The Kier molecular flexibility index (Phi) is 8.00. The maximum absolute atomic E-state index is 13.7. The van der Waals surface area contributed by atoms with Crippen molar-refractivity contribution in [1.82, 2.24) is 10.3 Å². The number of rotatable bonds is 10. The van der Waals surface area contributed by atoms with Crippen molar-refractivity contribution in [2.24, 2.45) is 0 Å². The fourth-order valence-electron chi connectivity index (χ4n) is 4.00. The molecule has 0 saturated carbocycles. The summed E-state index contributed by atoms with van der Waals surface area (Å²) in [7, 11) is 0. The van der Waals surface area contributed by atoms with Gasteiger partial charge in [0, 0.05) is 17.5 Å². The van der Waals surface area contributed by atoms with Gasteiger partial charge in [0.15, 0.2) is 0 Å². The predicted molar refractivity (Wildman–Crippen MR) is 139 cm³/mol. The number of hydrogen-bond acceptors (Lipinski definition) is 5. The molecule has 0 spiro atoms. The number of amides is 1. The number of carbonyl (C=O) groups excluding carboxylic acids is 1. The van der Waals surface area contributed by atoms with E-state index in [1.165, 1.54) is 23.5 Å². The van der Waals surface area contributed by atoms with Crippen molar-refractivity contribution in [3.05, 3.63) is 128 Å². The van der Waals surface area contributed by atoms with Crippen LogP contribution in [-0.4, -0.2) is 15.8 Å². The van der Waals surface area contributed by atoms with Crippen LogP contribution in [-0.2, 0) is 24.1 Å². The molecule has 0 radical (unpaired) electrons. The first-order valence-corrected chi connectivity index (χ1v) is 12.5. The van der Waals surface area contributed by atoms with Crippen molar-refractivity contribution in [2.45, 2.75) is 38.1 Å². The van der Waals surface area contributed by atoms with Crippen molar-refractivity contribution < 1.29 is 9.72 Å². The topological polar surface area (TPSA) is 85.1 Å². The van der Waals surface area contributed by atoms with E-state index in [-0.39, 0.29) is 23.6 Å². The highest BCUT2D eigenvalue weighted by atomic mass is 32.1. The summed E-state index contributed by atoms with van der Waals surface area (Å²) in [5.74, 6) is -0.427. The smallest absolute Gasteiger partial charge is 0.269 e. The highest BCUT2D eigenvalue weighted by molar-refractivity contribution is 7.09. The summed E-state index contributed by atoms with van der Waals surface area (Å²) in [6, 6.07) is 25.9. The number of aromatic nitrogens is 1. The molecule has 1 unspecified atom stereocenters. The highest BCUT2D eigenvalue weighted by Gasteiger charge is 2.26. The molecule has 1 amide bonds. The largest absolute Gasteiger partial charge is 0.346 e. The molecule has 2 atom stereocenters. The van der Waals surface area contributed by atoms with Gasteiger partial charge in [0.2, 0.25) is 5.91 Å². The lowest BCUT2D eigenvalue weighted by molar-refractivity contribution is -0.384. The number of thiazole rings is 1. The number of carbonyl (C=O) groups is 1. The first-order chi connectivity index (χ1) is 17.0. The van der Waals surface area contributed by atoms with Gasteiger partial charge in [0.25, 0.3) is 5.69 Å². The minimum atomic E-state index is -0.411. The van der Waals surface area contributed by atoms with Gasteiger partial charge in [-0.3, -0.25) is 14.9 Å². The van der Waals surface area contributed by atoms with E-state index in [0.717, 1.165) is 33.8 Å². The molecule has 0 fully saturated rings. The zero-order chi connectivity index (χ0) is 24.6. The molecule has 4 rings (SSSR count). The molecular weight excluding hydrogens is 458 g/mol. The van der Waals surface area contributed by atoms with E-state index in [0.29, 0.717) is 12.8 Å². The van der Waals surface area contributed by atoms with Gasteiger partial charge in [0.05, 0.1) is 22.6 Å². The molecule has 0 aliphatic rings. The van der Waals surface area contributed by atoms with E-state index in [2.05, 4.69) is 5.32 Å². The van der Waals surface area contributed by atoms with Crippen LogP contribution < -0.4 is 5.32 Å². The molecular formula is C28H27N3O3S. The van der Waals surface area contributed by atoms with Gasteiger partial charge < -0.3 is 5.32 Å². The summed E-state index contributed by atoms with van der Waals surface area (Å²) >= 11 is 1.53. The van der Waals surface area contributed by atoms with Gasteiger partial charge in [0.1, 0.15) is 5.01 Å². The molecule has 178 valence electrons. The lowest BCUT2D eigenvalue weighted by Gasteiger charge is -2.22. The Labute approximate surface area is 208 Å². The van der Waals surface area contributed by atoms with Crippen molar-refractivity contribution in [3.8, 4) is 0 Å². The van der Waals surface area contributed by atoms with Gasteiger partial charge in [-0.15, -0.1) is 11.3 Å². The van der Waals surface area contributed by atoms with Crippen LogP contribution in [0.3, 0.4) is 0 Å². The Balaban J connectivity index is 1.61. The van der Waals surface area contributed by atoms with E-state index in [4.69, 9.17) is 4.98 Å². The number of aryl methyl sites for hydroxylation is 1. The Morgan fingerprint density at radius 3 is 2.17 bits per heavy atom. The Morgan fingerprint density at radius 2 is 1.57 bits per heavy atom. The SMILES string of the molecule is CCc1csc(C(Cc2ccc([N+](=O)[O-])cc2)NC(=O)[C@@H](Cc2ccccc2)c2ccccc2)n1. The second-order valence-corrected chi connectivity index (χ2v) is 9.26. The van der Waals surface area contributed by atoms with Crippen LogP contribution in [0.5, 0.6) is 0 Å². The third-order valence-electron chi connectivity index (χ3n) is 5.93. The van der Waals surface area contributed by atoms with Gasteiger partial charge >= 0.3 is 0 Å². The number of benzene rings is 3. The number of nitrogens with one attached hydrogen (secondary N) is 1. The number of nitrogens with zero attached hydrogens (tertiary/aromatic N) is 2. The second kappa shape index (κ2) is 11.5. The van der Waals surface area contributed by atoms with Crippen LogP contribution in [0.1, 0.15) is 46.3 Å². The number of non-ortho nitro benzene ring substituents is 1. The number of hydrogen-bond donors (Lipinski definition) is 1. The standard InChI is InChI=1S/C28H27N3O3S/c1-2-23-19-35-28(29-23)26(18-21-13-15-24(16-14-21)31(33)34)30-27(32)25(22-11-7-4-8-12-22)17-20-9-5-3-6-10-20/h3-16,19,25-26H,2,17-18H2,1H3,(H,30,32)/t25-,26?/m0/s1. The lowest BCUT2D eigenvalue weighted by Crippen LogP contribution is -2.35. The van der Waals surface area contributed by atoms with Gasteiger partial charge in [-0.2, -0.15) is 0 Å². The fraction of sp³-hybridized carbons (Fsp3) is 0.214. The molecule has 6 nitrogen and oxygen atoms in total. The van der Waals surface area contributed by atoms with Crippen molar-refractivity contribution in [1.29, 1.82) is 0 Å². The maximum Gasteiger partial charge on any atom is 0.269 e. The molecule has 1 heterocycles. The van der Waals surface area contributed by atoms with Crippen LogP contribution in [0.2, 0.25) is 0 Å². The average molecular weight is 486 g/mol. The third kappa shape index (κ3) is 6.39. The normalized spacial score (nSPS) is 12.6. The number of nitro benzene ring substituents is 1. The van der Waals surface area contributed by atoms with Gasteiger partial charge in [-0.05, 0) is 36.0 Å². The Hall–Kier alpha value is -3.84. The van der Waals surface area contributed by atoms with E-state index >= 15 is 0 Å². The molecule has 0 aliphatic heterocycles. The summed E-state index contributed by atoms with van der Waals surface area (Å²) in [6.45, 7) is 2.05. The summed E-state index contributed by atoms with van der Waals surface area (Å²) in [4.78, 5) is 29.1. The average Bonchev–Trinajstić information content (AvgIpc) is 3.38. The lowest BCUT2D eigenvalue weighted by atomic mass is 9.90. The van der Waals surface area contributed by atoms with Crippen LogP contribution in [0, 0.1) is 10.1 Å². The van der Waals surface area contributed by atoms with E-state index in [9.17, 15) is 14.9 Å². The highest BCUT2D eigenvalue weighted by Crippen LogP contribution is 2.27. The molecule has 1 aromatic heterocycles. The quantitative estimate of drug-likeness (QED) is 0.219. The zero-order valence-electron chi connectivity index (χ0n) is 19.5. The van der Waals surface area contributed by atoms with Crippen LogP contribution in [0.15, 0.2) is 90.3 Å². The molecule has 1 N–H and O–H groups in total. The van der Waals surface area contributed by atoms with E-state index in [1.807, 2.05) is 73.0 Å². The molecule has 0 aliphatic carbocycles. The van der Waals surface area contributed by atoms with Crippen LogP contribution >= 0.6 is 11.3 Å². The zero-order valence-corrected chi connectivity index (χ0v) is 20.3. The van der Waals surface area contributed by atoms with E-state index in [1.54, 1.807) is 12.1 Å². The molecule has 35 heavy (non-hydrogen) atoms. The maximum atomic E-state index is 13.7. The van der Waals surface area contributed by atoms with Crippen LogP contribution in [0.4, 0.5) is 5.69 Å². The van der Waals surface area contributed by atoms with Crippen molar-refractivity contribution in [2.75, 3.05) is 0 Å². The van der Waals surface area contributed by atoms with Crippen LogP contribution in [0.25, 0.3) is 0 Å². The molecule has 0 saturated heterocycles. The monoisotopic (exact) mass is 485 g/mol. The van der Waals surface area contributed by atoms with Gasteiger partial charge in [-0.25, -0.2) is 4.98 Å². The van der Waals surface area contributed by atoms with Crippen molar-refractivity contribution >= 4 is 22.9 Å². The summed E-state index contributed by atoms with van der Waals surface area (Å²) < 4.78 is 0. The molecule has 4 aromatic rings. The second-order valence-electron chi connectivity index (χ2n) is 8.37. The van der Waals surface area contributed by atoms with Crippen molar-refractivity contribution in [3.63, 3.8) is 0 Å². The molecule has 3 aromatic carbocycles. The third-order valence-corrected chi connectivity index (χ3v) is 6.94. The van der Waals surface area contributed by atoms with Gasteiger partial charge in [-0.1, -0.05) is 79.7 Å². The Bertz CT molecular complexity index is 1260. The summed E-state index contributed by atoms with van der Waals surface area (Å²) in [5.41, 5.74) is 3.97. The predicted octanol–water partition coefficient (Wildman–Crippen LogP) is 6.04. The molecule has 0 bridgehead atoms. The summed E-state index contributed by atoms with van der Waals surface area (Å²) in [5, 5.41) is 17.1.